The predicted molar refractivity (Wildman–Crippen MR) is 81.0 cm³/mol. The lowest BCUT2D eigenvalue weighted by molar-refractivity contribution is 0.442. The summed E-state index contributed by atoms with van der Waals surface area (Å²) in [7, 11) is 0. The molecule has 3 aromatic rings. The summed E-state index contributed by atoms with van der Waals surface area (Å²) in [5.74, 6) is 0.581. The van der Waals surface area contributed by atoms with Gasteiger partial charge in [-0.2, -0.15) is 4.98 Å². The molecule has 0 spiro atoms. The van der Waals surface area contributed by atoms with Crippen LogP contribution in [0.4, 0.5) is 5.69 Å². The fourth-order valence-corrected chi connectivity index (χ4v) is 2.20. The van der Waals surface area contributed by atoms with Crippen LogP contribution in [0.3, 0.4) is 0 Å². The van der Waals surface area contributed by atoms with Crippen LogP contribution in [0.15, 0.2) is 51.7 Å². The zero-order valence-corrected chi connectivity index (χ0v) is 11.8. The smallest absolute Gasteiger partial charge is 0.302 e. The summed E-state index contributed by atoms with van der Waals surface area (Å²) in [6.07, 6.45) is 0. The molecule has 0 saturated heterocycles. The molecule has 0 fully saturated rings. The van der Waals surface area contributed by atoms with Crippen LogP contribution in [-0.2, 0) is 0 Å². The molecule has 0 aliphatic rings. The standard InChI is InChI=1S/C14H10BrN3O2/c15-8-2-1-3-10(6-8)20-14-17-12-5-4-9(16)7-11(12)13(19)18-14/h1-7H,16H2,(H,17,18,19). The molecule has 2 aromatic carbocycles. The van der Waals surface area contributed by atoms with Gasteiger partial charge in [0.1, 0.15) is 5.75 Å². The van der Waals surface area contributed by atoms with Crippen LogP contribution < -0.4 is 16.0 Å². The lowest BCUT2D eigenvalue weighted by Crippen LogP contribution is -2.09. The molecule has 1 aromatic heterocycles. The Bertz CT molecular complexity index is 845. The second-order valence-corrected chi connectivity index (χ2v) is 5.12. The SMILES string of the molecule is Nc1ccc2nc(Oc3cccc(Br)c3)[nH]c(=O)c2c1. The van der Waals surface area contributed by atoms with Gasteiger partial charge in [-0.25, -0.2) is 0 Å². The molecular weight excluding hydrogens is 322 g/mol. The van der Waals surface area contributed by atoms with Crippen molar-refractivity contribution in [1.82, 2.24) is 9.97 Å². The molecule has 0 saturated carbocycles. The first-order valence-corrected chi connectivity index (χ1v) is 6.64. The topological polar surface area (TPSA) is 81.0 Å². The van der Waals surface area contributed by atoms with Crippen LogP contribution in [0, 0.1) is 0 Å². The van der Waals surface area contributed by atoms with Gasteiger partial charge in [-0.1, -0.05) is 22.0 Å². The fourth-order valence-electron chi connectivity index (χ4n) is 1.83. The highest BCUT2D eigenvalue weighted by Gasteiger charge is 2.06. The number of hydrogen-bond donors (Lipinski definition) is 2. The van der Waals surface area contributed by atoms with Gasteiger partial charge in [0.2, 0.25) is 0 Å². The molecule has 0 atom stereocenters. The number of rotatable bonds is 2. The summed E-state index contributed by atoms with van der Waals surface area (Å²) < 4.78 is 6.43. The maximum absolute atomic E-state index is 12.0. The van der Waals surface area contributed by atoms with Crippen LogP contribution in [-0.4, -0.2) is 9.97 Å². The summed E-state index contributed by atoms with van der Waals surface area (Å²) in [6.45, 7) is 0. The van der Waals surface area contributed by atoms with Crippen LogP contribution in [0.1, 0.15) is 0 Å². The third-order valence-electron chi connectivity index (χ3n) is 2.72. The average molecular weight is 332 g/mol. The first-order valence-electron chi connectivity index (χ1n) is 5.85. The first kappa shape index (κ1) is 12.7. The normalized spacial score (nSPS) is 10.7. The van der Waals surface area contributed by atoms with Crippen LogP contribution in [0.2, 0.25) is 0 Å². The number of anilines is 1. The van der Waals surface area contributed by atoms with E-state index in [-0.39, 0.29) is 11.6 Å². The molecule has 3 rings (SSSR count). The minimum absolute atomic E-state index is 0.144. The van der Waals surface area contributed by atoms with E-state index in [4.69, 9.17) is 10.5 Å². The molecule has 6 heteroatoms. The summed E-state index contributed by atoms with van der Waals surface area (Å²) in [5.41, 5.74) is 6.42. The van der Waals surface area contributed by atoms with Gasteiger partial charge in [-0.05, 0) is 36.4 Å². The Morgan fingerprint density at radius 2 is 2.05 bits per heavy atom. The van der Waals surface area contributed by atoms with E-state index in [0.29, 0.717) is 22.3 Å². The van der Waals surface area contributed by atoms with E-state index in [0.717, 1.165) is 4.47 Å². The minimum atomic E-state index is -0.285. The highest BCUT2D eigenvalue weighted by Crippen LogP contribution is 2.22. The minimum Gasteiger partial charge on any atom is -0.426 e. The van der Waals surface area contributed by atoms with E-state index in [1.807, 2.05) is 12.1 Å². The lowest BCUT2D eigenvalue weighted by Gasteiger charge is -2.06. The van der Waals surface area contributed by atoms with Gasteiger partial charge in [-0.15, -0.1) is 0 Å². The highest BCUT2D eigenvalue weighted by molar-refractivity contribution is 9.10. The summed E-state index contributed by atoms with van der Waals surface area (Å²) >= 11 is 3.35. The summed E-state index contributed by atoms with van der Waals surface area (Å²) in [5, 5.41) is 0.437. The zero-order chi connectivity index (χ0) is 14.1. The van der Waals surface area contributed by atoms with Gasteiger partial charge < -0.3 is 10.5 Å². The van der Waals surface area contributed by atoms with E-state index >= 15 is 0 Å². The molecule has 0 radical (unpaired) electrons. The quantitative estimate of drug-likeness (QED) is 0.707. The number of nitrogens with zero attached hydrogens (tertiary/aromatic N) is 1. The maximum atomic E-state index is 12.0. The number of nitrogen functional groups attached to an aromatic ring is 1. The number of nitrogens with one attached hydrogen (secondary N) is 1. The third kappa shape index (κ3) is 2.50. The van der Waals surface area contributed by atoms with Crippen molar-refractivity contribution in [2.24, 2.45) is 0 Å². The van der Waals surface area contributed by atoms with E-state index in [2.05, 4.69) is 25.9 Å². The molecule has 0 amide bonds. The molecule has 0 aliphatic carbocycles. The Kier molecular flexibility index (Phi) is 3.15. The molecule has 0 bridgehead atoms. The molecule has 0 unspecified atom stereocenters. The number of aromatic nitrogens is 2. The molecule has 100 valence electrons. The Balaban J connectivity index is 2.05. The predicted octanol–water partition coefficient (Wildman–Crippen LogP) is 3.06. The number of benzene rings is 2. The number of halogens is 1. The molecule has 5 nitrogen and oxygen atoms in total. The fraction of sp³-hybridized carbons (Fsp3) is 0. The van der Waals surface area contributed by atoms with Crippen LogP contribution in [0.25, 0.3) is 10.9 Å². The Morgan fingerprint density at radius 3 is 2.85 bits per heavy atom. The van der Waals surface area contributed by atoms with Gasteiger partial charge in [0.05, 0.1) is 10.9 Å². The van der Waals surface area contributed by atoms with Crippen LogP contribution >= 0.6 is 15.9 Å². The van der Waals surface area contributed by atoms with Gasteiger partial charge in [0.15, 0.2) is 0 Å². The van der Waals surface area contributed by atoms with Gasteiger partial charge in [0, 0.05) is 10.2 Å². The van der Waals surface area contributed by atoms with Crippen molar-refractivity contribution in [2.45, 2.75) is 0 Å². The van der Waals surface area contributed by atoms with E-state index in [1.165, 1.54) is 0 Å². The molecule has 20 heavy (non-hydrogen) atoms. The number of fused-ring (bicyclic) bond motifs is 1. The second-order valence-electron chi connectivity index (χ2n) is 4.21. The monoisotopic (exact) mass is 331 g/mol. The number of H-pyrrole nitrogens is 1. The van der Waals surface area contributed by atoms with E-state index in [9.17, 15) is 4.79 Å². The van der Waals surface area contributed by atoms with Gasteiger partial charge >= 0.3 is 6.01 Å². The number of nitrogens with two attached hydrogens (primary N) is 1. The number of ether oxygens (including phenoxy) is 1. The number of hydrogen-bond acceptors (Lipinski definition) is 4. The Hall–Kier alpha value is -2.34. The van der Waals surface area contributed by atoms with Gasteiger partial charge in [-0.3, -0.25) is 9.78 Å². The molecule has 3 N–H and O–H groups in total. The van der Waals surface area contributed by atoms with Crippen molar-refractivity contribution in [2.75, 3.05) is 5.73 Å². The van der Waals surface area contributed by atoms with Crippen molar-refractivity contribution in [1.29, 1.82) is 0 Å². The van der Waals surface area contributed by atoms with Crippen LogP contribution in [0.5, 0.6) is 11.8 Å². The van der Waals surface area contributed by atoms with Crippen molar-refractivity contribution in [3.8, 4) is 11.8 Å². The first-order chi connectivity index (χ1) is 9.61. The molecule has 0 aliphatic heterocycles. The summed E-state index contributed by atoms with van der Waals surface area (Å²) in [6, 6.07) is 12.4. The van der Waals surface area contributed by atoms with Crippen molar-refractivity contribution in [3.05, 3.63) is 57.3 Å². The Labute approximate surface area is 122 Å². The number of aromatic amines is 1. The van der Waals surface area contributed by atoms with Crippen molar-refractivity contribution in [3.63, 3.8) is 0 Å². The van der Waals surface area contributed by atoms with E-state index < -0.39 is 0 Å². The third-order valence-corrected chi connectivity index (χ3v) is 3.21. The second kappa shape index (κ2) is 4.97. The molecule has 1 heterocycles. The van der Waals surface area contributed by atoms with Crippen molar-refractivity contribution >= 4 is 32.5 Å². The van der Waals surface area contributed by atoms with Crippen molar-refractivity contribution < 1.29 is 4.74 Å². The maximum Gasteiger partial charge on any atom is 0.302 e. The lowest BCUT2D eigenvalue weighted by atomic mass is 10.2. The zero-order valence-electron chi connectivity index (χ0n) is 10.3. The highest BCUT2D eigenvalue weighted by atomic mass is 79.9. The van der Waals surface area contributed by atoms with E-state index in [1.54, 1.807) is 30.3 Å². The summed E-state index contributed by atoms with van der Waals surface area (Å²) in [4.78, 5) is 18.8. The average Bonchev–Trinajstić information content (AvgIpc) is 2.40. The van der Waals surface area contributed by atoms with Gasteiger partial charge in [0.25, 0.3) is 5.56 Å². The largest absolute Gasteiger partial charge is 0.426 e. The Morgan fingerprint density at radius 1 is 1.20 bits per heavy atom. The molecular formula is C14H10BrN3O2.